The van der Waals surface area contributed by atoms with Gasteiger partial charge in [-0.15, -0.1) is 0 Å². The third kappa shape index (κ3) is 5.43. The summed E-state index contributed by atoms with van der Waals surface area (Å²) in [5.74, 6) is 0.550. The molecular formula is C24H30Cl2N2O2S. The summed E-state index contributed by atoms with van der Waals surface area (Å²) in [6.07, 6.45) is 13.6. The number of amidine groups is 1. The van der Waals surface area contributed by atoms with Crippen LogP contribution in [0.4, 0.5) is 0 Å². The van der Waals surface area contributed by atoms with Crippen LogP contribution >= 0.6 is 35.0 Å². The van der Waals surface area contributed by atoms with Gasteiger partial charge in [-0.05, 0) is 68.1 Å². The fourth-order valence-electron chi connectivity index (χ4n) is 4.70. The van der Waals surface area contributed by atoms with Crippen molar-refractivity contribution in [2.75, 3.05) is 6.61 Å². The van der Waals surface area contributed by atoms with E-state index in [1.54, 1.807) is 12.1 Å². The van der Waals surface area contributed by atoms with Gasteiger partial charge in [-0.3, -0.25) is 14.7 Å². The molecule has 3 fully saturated rings. The van der Waals surface area contributed by atoms with Gasteiger partial charge in [0.1, 0.15) is 0 Å². The molecule has 0 atom stereocenters. The molecule has 4 rings (SSSR count). The molecule has 168 valence electrons. The van der Waals surface area contributed by atoms with Crippen molar-refractivity contribution in [3.63, 3.8) is 0 Å². The Balaban J connectivity index is 1.63. The maximum Gasteiger partial charge on any atom is 0.266 e. The Bertz CT molecular complexity index is 851. The number of hydrogen-bond acceptors (Lipinski definition) is 4. The van der Waals surface area contributed by atoms with E-state index in [9.17, 15) is 4.79 Å². The molecule has 0 aromatic heterocycles. The van der Waals surface area contributed by atoms with Crippen molar-refractivity contribution in [2.24, 2.45) is 4.99 Å². The van der Waals surface area contributed by atoms with Crippen LogP contribution in [0.2, 0.25) is 10.0 Å². The average Bonchev–Trinajstić information content (AvgIpc) is 3.06. The molecule has 1 aromatic carbocycles. The summed E-state index contributed by atoms with van der Waals surface area (Å²) in [5, 5.41) is 1.80. The number of carbonyl (C=O) groups excluding carboxylic acids is 1. The Morgan fingerprint density at radius 3 is 2.29 bits per heavy atom. The van der Waals surface area contributed by atoms with Crippen molar-refractivity contribution in [2.45, 2.75) is 83.2 Å². The summed E-state index contributed by atoms with van der Waals surface area (Å²) in [6.45, 7) is 2.38. The fourth-order valence-corrected chi connectivity index (χ4v) is 6.42. The Morgan fingerprint density at radius 2 is 1.68 bits per heavy atom. The van der Waals surface area contributed by atoms with Crippen molar-refractivity contribution in [3.8, 4) is 5.75 Å². The van der Waals surface area contributed by atoms with Gasteiger partial charge in [-0.1, -0.05) is 61.7 Å². The van der Waals surface area contributed by atoms with Crippen LogP contribution in [-0.2, 0) is 4.79 Å². The van der Waals surface area contributed by atoms with Gasteiger partial charge in [0.2, 0.25) is 0 Å². The number of amides is 1. The minimum Gasteiger partial charge on any atom is -0.491 e. The second-order valence-corrected chi connectivity index (χ2v) is 10.4. The Hall–Kier alpha value is -1.17. The number of aliphatic imine (C=N–C) groups is 1. The van der Waals surface area contributed by atoms with Crippen LogP contribution in [0.3, 0.4) is 0 Å². The maximum absolute atomic E-state index is 13.5. The summed E-state index contributed by atoms with van der Waals surface area (Å²) in [7, 11) is 0. The fraction of sp³-hybridized carbons (Fsp3) is 0.583. The van der Waals surface area contributed by atoms with Crippen LogP contribution < -0.4 is 4.74 Å². The molecular weight excluding hydrogens is 451 g/mol. The number of benzene rings is 1. The molecule has 1 amide bonds. The van der Waals surface area contributed by atoms with Crippen molar-refractivity contribution in [3.05, 3.63) is 32.6 Å². The van der Waals surface area contributed by atoms with Crippen LogP contribution in [0.5, 0.6) is 5.75 Å². The number of hydrogen-bond donors (Lipinski definition) is 0. The second-order valence-electron chi connectivity index (χ2n) is 8.53. The Labute approximate surface area is 199 Å². The minimum absolute atomic E-state index is 0.0626. The highest BCUT2D eigenvalue weighted by atomic mass is 35.5. The Morgan fingerprint density at radius 1 is 1.06 bits per heavy atom. The first-order chi connectivity index (χ1) is 15.1. The van der Waals surface area contributed by atoms with E-state index in [2.05, 4.69) is 0 Å². The van der Waals surface area contributed by atoms with Crippen molar-refractivity contribution in [1.29, 1.82) is 0 Å². The van der Waals surface area contributed by atoms with Crippen LogP contribution in [0.25, 0.3) is 6.08 Å². The molecule has 3 aliphatic rings. The van der Waals surface area contributed by atoms with Gasteiger partial charge < -0.3 is 4.74 Å². The van der Waals surface area contributed by atoms with E-state index >= 15 is 0 Å². The summed E-state index contributed by atoms with van der Waals surface area (Å²) >= 11 is 14.3. The molecule has 2 aliphatic carbocycles. The number of carbonyl (C=O) groups is 1. The van der Waals surface area contributed by atoms with Crippen LogP contribution in [0, 0.1) is 0 Å². The minimum atomic E-state index is 0.0626. The van der Waals surface area contributed by atoms with Crippen LogP contribution in [0.1, 0.15) is 76.7 Å². The number of ether oxygens (including phenoxy) is 1. The van der Waals surface area contributed by atoms with Gasteiger partial charge in [0, 0.05) is 6.04 Å². The SMILES string of the molecule is CCOc1c(Cl)cc(C=C2SC(=NC3CCCCC3)N(C3CCCCC3)C2=O)cc1Cl. The number of thioether (sulfide) groups is 1. The summed E-state index contributed by atoms with van der Waals surface area (Å²) in [5.41, 5.74) is 0.803. The van der Waals surface area contributed by atoms with E-state index < -0.39 is 0 Å². The smallest absolute Gasteiger partial charge is 0.266 e. The molecule has 1 aliphatic heterocycles. The van der Waals surface area contributed by atoms with Gasteiger partial charge >= 0.3 is 0 Å². The quantitative estimate of drug-likeness (QED) is 0.414. The lowest BCUT2D eigenvalue weighted by Gasteiger charge is -2.31. The molecule has 0 N–H and O–H groups in total. The molecule has 0 radical (unpaired) electrons. The average molecular weight is 481 g/mol. The van der Waals surface area contributed by atoms with E-state index in [-0.39, 0.29) is 11.9 Å². The summed E-state index contributed by atoms with van der Waals surface area (Å²) in [4.78, 5) is 21.2. The molecule has 0 bridgehead atoms. The first-order valence-corrected chi connectivity index (χ1v) is 13.1. The van der Waals surface area contributed by atoms with Crippen LogP contribution in [-0.4, -0.2) is 34.7 Å². The zero-order valence-corrected chi connectivity index (χ0v) is 20.4. The third-order valence-electron chi connectivity index (χ3n) is 6.25. The molecule has 7 heteroatoms. The largest absolute Gasteiger partial charge is 0.491 e. The lowest BCUT2D eigenvalue weighted by atomic mass is 9.94. The zero-order chi connectivity index (χ0) is 21.8. The molecule has 1 saturated heterocycles. The predicted octanol–water partition coefficient (Wildman–Crippen LogP) is 7.33. The third-order valence-corrected chi connectivity index (χ3v) is 7.81. The van der Waals surface area contributed by atoms with Gasteiger partial charge in [-0.2, -0.15) is 0 Å². The number of rotatable bonds is 5. The topological polar surface area (TPSA) is 41.9 Å². The first-order valence-electron chi connectivity index (χ1n) is 11.5. The van der Waals surface area contributed by atoms with Crippen molar-refractivity contribution in [1.82, 2.24) is 4.90 Å². The normalized spacial score (nSPS) is 23.8. The van der Waals surface area contributed by atoms with Gasteiger partial charge in [0.15, 0.2) is 10.9 Å². The number of nitrogens with zero attached hydrogens (tertiary/aromatic N) is 2. The van der Waals surface area contributed by atoms with Crippen molar-refractivity contribution >= 4 is 52.1 Å². The molecule has 4 nitrogen and oxygen atoms in total. The van der Waals surface area contributed by atoms with E-state index in [4.69, 9.17) is 32.9 Å². The lowest BCUT2D eigenvalue weighted by molar-refractivity contribution is -0.124. The summed E-state index contributed by atoms with van der Waals surface area (Å²) < 4.78 is 5.53. The molecule has 1 heterocycles. The van der Waals surface area contributed by atoms with Gasteiger partial charge in [-0.25, -0.2) is 0 Å². The Kier molecular flexibility index (Phi) is 7.89. The highest BCUT2D eigenvalue weighted by molar-refractivity contribution is 8.18. The van der Waals surface area contributed by atoms with E-state index in [0.29, 0.717) is 33.3 Å². The van der Waals surface area contributed by atoms with Gasteiger partial charge in [0.05, 0.1) is 27.6 Å². The van der Waals surface area contributed by atoms with E-state index in [1.807, 2.05) is 17.9 Å². The monoisotopic (exact) mass is 480 g/mol. The first kappa shape index (κ1) is 23.0. The molecule has 0 spiro atoms. The zero-order valence-electron chi connectivity index (χ0n) is 18.0. The molecule has 2 saturated carbocycles. The van der Waals surface area contributed by atoms with E-state index in [0.717, 1.165) is 36.4 Å². The van der Waals surface area contributed by atoms with Gasteiger partial charge in [0.25, 0.3) is 5.91 Å². The lowest BCUT2D eigenvalue weighted by Crippen LogP contribution is -2.41. The predicted molar refractivity (Wildman–Crippen MR) is 131 cm³/mol. The molecule has 1 aromatic rings. The standard InChI is InChI=1S/C24H30Cl2N2O2S/c1-2-30-22-19(25)13-16(14-20(22)26)15-21-23(29)28(18-11-7-4-8-12-18)24(31-21)27-17-9-5-3-6-10-17/h13-15,17-18H,2-12H2,1H3. The van der Waals surface area contributed by atoms with E-state index in [1.165, 1.54) is 50.3 Å². The second kappa shape index (κ2) is 10.6. The summed E-state index contributed by atoms with van der Waals surface area (Å²) in [6, 6.07) is 4.21. The molecule has 31 heavy (non-hydrogen) atoms. The maximum atomic E-state index is 13.5. The van der Waals surface area contributed by atoms with Crippen LogP contribution in [0.15, 0.2) is 22.0 Å². The highest BCUT2D eigenvalue weighted by Crippen LogP contribution is 2.40. The van der Waals surface area contributed by atoms with Crippen molar-refractivity contribution < 1.29 is 9.53 Å². The molecule has 0 unspecified atom stereocenters. The number of halogens is 2. The highest BCUT2D eigenvalue weighted by Gasteiger charge is 2.39.